The van der Waals surface area contributed by atoms with Crippen molar-refractivity contribution in [2.75, 3.05) is 7.11 Å². The maximum Gasteiger partial charge on any atom is 0.165 e. The van der Waals surface area contributed by atoms with Crippen LogP contribution < -0.4 is 9.47 Å². The topological polar surface area (TPSA) is 99.4 Å². The molecule has 6 heteroatoms. The first kappa shape index (κ1) is 30.7. The van der Waals surface area contributed by atoms with Gasteiger partial charge in [0.1, 0.15) is 17.1 Å². The first-order valence-electron chi connectivity index (χ1n) is 14.5. The number of aromatic hydroxyl groups is 2. The van der Waals surface area contributed by atoms with E-state index in [2.05, 4.69) is 39.0 Å². The van der Waals surface area contributed by atoms with Crippen LogP contribution in [0.4, 0.5) is 0 Å². The van der Waals surface area contributed by atoms with Gasteiger partial charge in [0.25, 0.3) is 0 Å². The lowest BCUT2D eigenvalue weighted by Gasteiger charge is -2.56. The number of methoxy groups -OCH3 is 1. The van der Waals surface area contributed by atoms with Gasteiger partial charge in [0.05, 0.1) is 19.3 Å². The highest BCUT2D eigenvalue weighted by atomic mass is 16.5. The first-order chi connectivity index (χ1) is 19.2. The predicted octanol–water partition coefficient (Wildman–Crippen LogP) is 6.97. The van der Waals surface area contributed by atoms with Crippen molar-refractivity contribution in [3.05, 3.63) is 69.8 Å². The maximum absolute atomic E-state index is 10.8. The number of aliphatic hydroxyl groups is 2. The number of fused-ring (bicyclic) bond motifs is 2. The minimum Gasteiger partial charge on any atom is -0.507 e. The van der Waals surface area contributed by atoms with Crippen LogP contribution in [0.25, 0.3) is 12.2 Å². The molecule has 0 amide bonds. The van der Waals surface area contributed by atoms with Crippen LogP contribution >= 0.6 is 0 Å². The molecule has 4 atom stereocenters. The Hall–Kier alpha value is -3.22. The van der Waals surface area contributed by atoms with Crippen molar-refractivity contribution < 1.29 is 29.9 Å². The highest BCUT2D eigenvalue weighted by Crippen LogP contribution is 2.55. The van der Waals surface area contributed by atoms with E-state index in [0.717, 1.165) is 24.0 Å². The largest absolute Gasteiger partial charge is 0.507 e. The van der Waals surface area contributed by atoms with Gasteiger partial charge in [0.15, 0.2) is 11.5 Å². The van der Waals surface area contributed by atoms with Crippen molar-refractivity contribution in [3.63, 3.8) is 0 Å². The molecule has 2 aromatic rings. The number of allylic oxidation sites excluding steroid dienone is 4. The zero-order valence-electron chi connectivity index (χ0n) is 25.5. The average molecular weight is 563 g/mol. The summed E-state index contributed by atoms with van der Waals surface area (Å²) in [5.41, 5.74) is 4.42. The fourth-order valence-electron chi connectivity index (χ4n) is 6.53. The zero-order chi connectivity index (χ0) is 30.1. The molecule has 4 N–H and O–H groups in total. The molecule has 1 aliphatic carbocycles. The van der Waals surface area contributed by atoms with E-state index in [1.165, 1.54) is 11.1 Å². The van der Waals surface area contributed by atoms with Gasteiger partial charge in [0, 0.05) is 23.3 Å². The lowest BCUT2D eigenvalue weighted by atomic mass is 9.57. The number of rotatable bonds is 8. The van der Waals surface area contributed by atoms with Gasteiger partial charge in [-0.05, 0) is 94.3 Å². The minimum atomic E-state index is -0.854. The second-order valence-electron chi connectivity index (χ2n) is 12.9. The molecular weight excluding hydrogens is 516 g/mol. The van der Waals surface area contributed by atoms with Gasteiger partial charge in [0.2, 0.25) is 0 Å². The van der Waals surface area contributed by atoms with Gasteiger partial charge in [-0.25, -0.2) is 0 Å². The van der Waals surface area contributed by atoms with Gasteiger partial charge in [-0.3, -0.25) is 0 Å². The summed E-state index contributed by atoms with van der Waals surface area (Å²) in [6.07, 6.45) is 9.77. The monoisotopic (exact) mass is 562 g/mol. The third kappa shape index (κ3) is 6.49. The number of hydrogen-bond donors (Lipinski definition) is 4. The Kier molecular flexibility index (Phi) is 8.95. The number of hydrogen-bond acceptors (Lipinski definition) is 6. The van der Waals surface area contributed by atoms with E-state index in [1.54, 1.807) is 19.2 Å². The SMILES string of the molecule is COc1cc(C=Cc2cc(O)c(CC=C(C)CCC=C(C)C)c(O)c2)cc2c1O[C@]1(C)CC(O)C(O)C(C)(C)[C@H]1C2. The fourth-order valence-corrected chi connectivity index (χ4v) is 6.53. The van der Waals surface area contributed by atoms with Gasteiger partial charge >= 0.3 is 0 Å². The molecule has 0 bridgehead atoms. The van der Waals surface area contributed by atoms with Gasteiger partial charge in [-0.1, -0.05) is 49.3 Å². The molecule has 0 spiro atoms. The van der Waals surface area contributed by atoms with Crippen molar-refractivity contribution >= 4 is 12.2 Å². The molecule has 0 saturated heterocycles. The summed E-state index contributed by atoms with van der Waals surface area (Å²) >= 11 is 0. The molecule has 1 aliphatic heterocycles. The first-order valence-corrected chi connectivity index (χ1v) is 14.5. The summed E-state index contributed by atoms with van der Waals surface area (Å²) in [5.74, 6) is 1.40. The lowest BCUT2D eigenvalue weighted by Crippen LogP contribution is -2.63. The molecule has 2 aliphatic rings. The van der Waals surface area contributed by atoms with E-state index < -0.39 is 23.2 Å². The Balaban J connectivity index is 1.56. The predicted molar refractivity (Wildman–Crippen MR) is 164 cm³/mol. The standard InChI is InChI=1S/C35H46O6/c1-21(2)9-8-10-22(3)11-14-26-27(36)16-24(17-28(26)37)13-12-23-15-25-19-31-34(4,5)33(39)29(38)20-35(31,6)41-32(25)30(18-23)40-7/h9,11-13,15-18,29,31,33,36-39H,8,10,14,19-20H2,1-7H3/t29?,31-,33?,35-/m1/s1. The molecule has 0 radical (unpaired) electrons. The zero-order valence-corrected chi connectivity index (χ0v) is 25.5. The van der Waals surface area contributed by atoms with E-state index in [-0.39, 0.29) is 17.4 Å². The summed E-state index contributed by atoms with van der Waals surface area (Å²) < 4.78 is 12.2. The highest BCUT2D eigenvalue weighted by molar-refractivity contribution is 5.73. The average Bonchev–Trinajstić information content (AvgIpc) is 2.89. The Morgan fingerprint density at radius 3 is 2.22 bits per heavy atom. The lowest BCUT2D eigenvalue weighted by molar-refractivity contribution is -0.187. The highest BCUT2D eigenvalue weighted by Gasteiger charge is 2.58. The van der Waals surface area contributed by atoms with Crippen molar-refractivity contribution in [1.82, 2.24) is 0 Å². The van der Waals surface area contributed by atoms with Crippen LogP contribution in [0.15, 0.2) is 47.6 Å². The minimum absolute atomic E-state index is 0.00353. The molecule has 6 nitrogen and oxygen atoms in total. The van der Waals surface area contributed by atoms with Crippen molar-refractivity contribution in [2.24, 2.45) is 11.3 Å². The van der Waals surface area contributed by atoms with E-state index in [4.69, 9.17) is 9.47 Å². The normalized spacial score (nSPS) is 25.3. The van der Waals surface area contributed by atoms with Crippen LogP contribution in [0.5, 0.6) is 23.0 Å². The second-order valence-corrected chi connectivity index (χ2v) is 12.9. The summed E-state index contributed by atoms with van der Waals surface area (Å²) in [4.78, 5) is 0. The Morgan fingerprint density at radius 2 is 1.61 bits per heavy atom. The second kappa shape index (κ2) is 11.9. The van der Waals surface area contributed by atoms with E-state index in [9.17, 15) is 20.4 Å². The third-order valence-corrected chi connectivity index (χ3v) is 8.95. The summed E-state index contributed by atoms with van der Waals surface area (Å²) in [6.45, 7) is 12.2. The Morgan fingerprint density at radius 1 is 0.976 bits per heavy atom. The number of benzene rings is 2. The Bertz CT molecular complexity index is 1340. The van der Waals surface area contributed by atoms with Crippen LogP contribution in [0.3, 0.4) is 0 Å². The number of phenols is 2. The van der Waals surface area contributed by atoms with Crippen LogP contribution in [0.2, 0.25) is 0 Å². The number of phenolic OH excluding ortho intramolecular Hbond substituents is 2. The summed E-state index contributed by atoms with van der Waals surface area (Å²) in [7, 11) is 1.61. The molecule has 1 saturated carbocycles. The van der Waals surface area contributed by atoms with Gasteiger partial charge < -0.3 is 29.9 Å². The quantitative estimate of drug-likeness (QED) is 0.205. The molecule has 1 fully saturated rings. The Labute approximate surface area is 244 Å². The number of ether oxygens (including phenoxy) is 2. The number of aliphatic hydroxyl groups excluding tert-OH is 2. The molecule has 2 unspecified atom stereocenters. The van der Waals surface area contributed by atoms with E-state index in [0.29, 0.717) is 41.9 Å². The molecule has 1 heterocycles. The maximum atomic E-state index is 10.8. The fraction of sp³-hybridized carbons (Fsp3) is 0.486. The summed E-state index contributed by atoms with van der Waals surface area (Å²) in [6, 6.07) is 7.28. The van der Waals surface area contributed by atoms with Gasteiger partial charge in [-0.15, -0.1) is 0 Å². The van der Waals surface area contributed by atoms with E-state index >= 15 is 0 Å². The van der Waals surface area contributed by atoms with Crippen LogP contribution in [0.1, 0.15) is 83.1 Å². The molecular formula is C35H46O6. The third-order valence-electron chi connectivity index (χ3n) is 8.95. The smallest absolute Gasteiger partial charge is 0.165 e. The van der Waals surface area contributed by atoms with Gasteiger partial charge in [-0.2, -0.15) is 0 Å². The van der Waals surface area contributed by atoms with Crippen molar-refractivity contribution in [1.29, 1.82) is 0 Å². The summed E-state index contributed by atoms with van der Waals surface area (Å²) in [5, 5.41) is 42.7. The van der Waals surface area contributed by atoms with Crippen molar-refractivity contribution in [2.45, 2.75) is 91.5 Å². The van der Waals surface area contributed by atoms with Crippen LogP contribution in [-0.4, -0.2) is 45.3 Å². The van der Waals surface area contributed by atoms with Crippen LogP contribution in [0, 0.1) is 11.3 Å². The molecule has 2 aromatic carbocycles. The molecule has 41 heavy (non-hydrogen) atoms. The molecule has 0 aromatic heterocycles. The van der Waals surface area contributed by atoms with E-state index in [1.807, 2.05) is 39.0 Å². The molecule has 4 rings (SSSR count). The van der Waals surface area contributed by atoms with Crippen molar-refractivity contribution in [3.8, 4) is 23.0 Å². The molecule has 222 valence electrons. The van der Waals surface area contributed by atoms with Crippen LogP contribution in [-0.2, 0) is 12.8 Å².